The predicted molar refractivity (Wildman–Crippen MR) is 105 cm³/mol. The Labute approximate surface area is 158 Å². The van der Waals surface area contributed by atoms with Crippen LogP contribution in [0.15, 0.2) is 36.5 Å². The molecule has 1 aromatic carbocycles. The lowest BCUT2D eigenvalue weighted by Gasteiger charge is -2.09. The number of nitrogens with zero attached hydrogens (tertiary/aromatic N) is 4. The van der Waals surface area contributed by atoms with Crippen molar-refractivity contribution in [1.29, 1.82) is 0 Å². The molecule has 3 aromatic rings. The summed E-state index contributed by atoms with van der Waals surface area (Å²) in [6.45, 7) is 2.62. The molecule has 0 aliphatic carbocycles. The first-order valence-electron chi connectivity index (χ1n) is 7.89. The van der Waals surface area contributed by atoms with Gasteiger partial charge in [0.15, 0.2) is 22.3 Å². The summed E-state index contributed by atoms with van der Waals surface area (Å²) in [6.07, 6.45) is 1.49. The molecule has 11 heteroatoms. The highest BCUT2D eigenvalue weighted by molar-refractivity contribution is 7.80. The third-order valence-corrected chi connectivity index (χ3v) is 3.68. The van der Waals surface area contributed by atoms with Crippen molar-refractivity contribution in [3.8, 4) is 5.75 Å². The first-order valence-corrected chi connectivity index (χ1v) is 8.30. The number of phenolic OH excluding ortho intramolecular Hbond substituents is 1. The molecule has 0 radical (unpaired) electrons. The van der Waals surface area contributed by atoms with Crippen molar-refractivity contribution < 1.29 is 10.0 Å². The van der Waals surface area contributed by atoms with E-state index < -0.39 is 16.4 Å². The third-order valence-electron chi connectivity index (χ3n) is 3.43. The van der Waals surface area contributed by atoms with Gasteiger partial charge in [0.05, 0.1) is 11.1 Å². The molecule has 2 aromatic heterocycles. The lowest BCUT2D eigenvalue weighted by atomic mass is 10.2. The minimum atomic E-state index is -0.667. The van der Waals surface area contributed by atoms with Crippen LogP contribution in [0.25, 0.3) is 11.2 Å². The second-order valence-electron chi connectivity index (χ2n) is 5.36. The summed E-state index contributed by atoms with van der Waals surface area (Å²) in [7, 11) is 0. The summed E-state index contributed by atoms with van der Waals surface area (Å²) in [4.78, 5) is 23.2. The number of phenols is 1. The van der Waals surface area contributed by atoms with Gasteiger partial charge in [-0.2, -0.15) is 0 Å². The molecule has 138 valence electrons. The van der Waals surface area contributed by atoms with Crippen molar-refractivity contribution in [1.82, 2.24) is 20.3 Å². The zero-order chi connectivity index (χ0) is 19.4. The molecule has 0 atom stereocenters. The quantitative estimate of drug-likeness (QED) is 0.224. The fourth-order valence-corrected chi connectivity index (χ4v) is 2.49. The SMILES string of the molecule is CCNC(=S)Nc1ccc2ncc(Nc3ccc(O)c([N+](=O)[O-])c3)nc2n1. The smallest absolute Gasteiger partial charge is 0.312 e. The molecular formula is C16H15N7O3S. The van der Waals surface area contributed by atoms with Crippen LogP contribution in [0.4, 0.5) is 23.0 Å². The Morgan fingerprint density at radius 2 is 2.04 bits per heavy atom. The van der Waals surface area contributed by atoms with Gasteiger partial charge in [0.1, 0.15) is 11.3 Å². The van der Waals surface area contributed by atoms with Crippen LogP contribution in [0.2, 0.25) is 0 Å². The molecule has 0 spiro atoms. The van der Waals surface area contributed by atoms with E-state index in [9.17, 15) is 15.2 Å². The van der Waals surface area contributed by atoms with E-state index in [4.69, 9.17) is 12.2 Å². The van der Waals surface area contributed by atoms with Gasteiger partial charge in [-0.3, -0.25) is 10.1 Å². The number of hydrogen-bond acceptors (Lipinski definition) is 8. The fraction of sp³-hybridized carbons (Fsp3) is 0.125. The number of benzene rings is 1. The van der Waals surface area contributed by atoms with E-state index in [0.717, 1.165) is 0 Å². The molecule has 0 aliphatic heterocycles. The molecule has 2 heterocycles. The molecule has 0 saturated heterocycles. The van der Waals surface area contributed by atoms with E-state index in [1.807, 2.05) is 6.92 Å². The zero-order valence-corrected chi connectivity index (χ0v) is 14.9. The maximum absolute atomic E-state index is 10.9. The lowest BCUT2D eigenvalue weighted by Crippen LogP contribution is -2.28. The Morgan fingerprint density at radius 3 is 2.78 bits per heavy atom. The Morgan fingerprint density at radius 1 is 1.26 bits per heavy atom. The number of rotatable bonds is 5. The van der Waals surface area contributed by atoms with Crippen LogP contribution in [0, 0.1) is 10.1 Å². The summed E-state index contributed by atoms with van der Waals surface area (Å²) < 4.78 is 0. The van der Waals surface area contributed by atoms with E-state index in [1.165, 1.54) is 24.4 Å². The van der Waals surface area contributed by atoms with Gasteiger partial charge in [0.2, 0.25) is 0 Å². The highest BCUT2D eigenvalue weighted by Gasteiger charge is 2.14. The predicted octanol–water partition coefficient (Wildman–Crippen LogP) is 2.69. The van der Waals surface area contributed by atoms with Crippen LogP contribution in [-0.4, -0.2) is 36.6 Å². The Bertz CT molecular complexity index is 1030. The number of anilines is 3. The molecule has 0 saturated carbocycles. The molecular weight excluding hydrogens is 370 g/mol. The number of aromatic hydroxyl groups is 1. The monoisotopic (exact) mass is 385 g/mol. The summed E-state index contributed by atoms with van der Waals surface area (Å²) >= 11 is 5.13. The average molecular weight is 385 g/mol. The van der Waals surface area contributed by atoms with E-state index in [2.05, 4.69) is 30.9 Å². The third kappa shape index (κ3) is 4.33. The number of thiocarbonyl (C=S) groups is 1. The molecule has 0 unspecified atom stereocenters. The van der Waals surface area contributed by atoms with E-state index in [0.29, 0.717) is 40.1 Å². The summed E-state index contributed by atoms with van der Waals surface area (Å²) in [6, 6.07) is 7.42. The van der Waals surface area contributed by atoms with Crippen LogP contribution in [0.1, 0.15) is 6.92 Å². The topological polar surface area (TPSA) is 138 Å². The van der Waals surface area contributed by atoms with Gasteiger partial charge in [0, 0.05) is 18.3 Å². The Hall–Kier alpha value is -3.60. The number of nitro groups is 1. The molecule has 27 heavy (non-hydrogen) atoms. The Kier molecular flexibility index (Phi) is 5.22. The van der Waals surface area contributed by atoms with Gasteiger partial charge in [-0.1, -0.05) is 0 Å². The van der Waals surface area contributed by atoms with E-state index >= 15 is 0 Å². The second-order valence-corrected chi connectivity index (χ2v) is 5.77. The van der Waals surface area contributed by atoms with Gasteiger partial charge >= 0.3 is 5.69 Å². The number of aromatic nitrogens is 3. The van der Waals surface area contributed by atoms with Crippen molar-refractivity contribution in [3.05, 3.63) is 46.6 Å². The number of fused-ring (bicyclic) bond motifs is 1. The summed E-state index contributed by atoms with van der Waals surface area (Å²) in [5.41, 5.74) is 0.931. The highest BCUT2D eigenvalue weighted by Crippen LogP contribution is 2.29. The Balaban J connectivity index is 1.86. The maximum Gasteiger partial charge on any atom is 0.312 e. The molecule has 4 N–H and O–H groups in total. The van der Waals surface area contributed by atoms with Gasteiger partial charge in [-0.05, 0) is 43.4 Å². The zero-order valence-electron chi connectivity index (χ0n) is 14.1. The van der Waals surface area contributed by atoms with Crippen molar-refractivity contribution in [2.24, 2.45) is 0 Å². The van der Waals surface area contributed by atoms with Gasteiger partial charge in [0.25, 0.3) is 0 Å². The molecule has 0 amide bonds. The van der Waals surface area contributed by atoms with Gasteiger partial charge in [-0.25, -0.2) is 15.0 Å². The molecule has 10 nitrogen and oxygen atoms in total. The van der Waals surface area contributed by atoms with Crippen LogP contribution >= 0.6 is 12.2 Å². The largest absolute Gasteiger partial charge is 0.502 e. The van der Waals surface area contributed by atoms with Crippen molar-refractivity contribution in [3.63, 3.8) is 0 Å². The molecule has 0 fully saturated rings. The first-order chi connectivity index (χ1) is 13.0. The minimum absolute atomic E-state index is 0.349. The van der Waals surface area contributed by atoms with Gasteiger partial charge < -0.3 is 21.1 Å². The van der Waals surface area contributed by atoms with Crippen LogP contribution < -0.4 is 16.0 Å². The number of hydrogen-bond donors (Lipinski definition) is 4. The van der Waals surface area contributed by atoms with Gasteiger partial charge in [-0.15, -0.1) is 0 Å². The van der Waals surface area contributed by atoms with E-state index in [-0.39, 0.29) is 0 Å². The van der Waals surface area contributed by atoms with Crippen LogP contribution in [0.5, 0.6) is 5.75 Å². The number of pyridine rings is 1. The summed E-state index contributed by atoms with van der Waals surface area (Å²) in [5.74, 6) is 0.450. The first kappa shape index (κ1) is 18.2. The van der Waals surface area contributed by atoms with Crippen LogP contribution in [0.3, 0.4) is 0 Å². The standard InChI is InChI=1S/C16H15N7O3S/c1-2-17-16(27)22-13-6-4-10-15(20-13)21-14(8-18-10)19-9-3-5-12(24)11(7-9)23(25)26/h3-8,24H,2H2,1H3,(H3,17,19,20,21,22,27). The second kappa shape index (κ2) is 7.74. The van der Waals surface area contributed by atoms with Crippen molar-refractivity contribution in [2.45, 2.75) is 6.92 Å². The molecule has 3 rings (SSSR count). The molecule has 0 bridgehead atoms. The average Bonchev–Trinajstić information content (AvgIpc) is 2.63. The van der Waals surface area contributed by atoms with Crippen molar-refractivity contribution >= 4 is 51.5 Å². The van der Waals surface area contributed by atoms with Crippen molar-refractivity contribution in [2.75, 3.05) is 17.2 Å². The number of nitro benzene ring substituents is 1. The highest BCUT2D eigenvalue weighted by atomic mass is 32.1. The maximum atomic E-state index is 10.9. The molecule has 0 aliphatic rings. The van der Waals surface area contributed by atoms with E-state index in [1.54, 1.807) is 12.1 Å². The van der Waals surface area contributed by atoms with Crippen LogP contribution in [-0.2, 0) is 0 Å². The lowest BCUT2D eigenvalue weighted by molar-refractivity contribution is -0.385. The minimum Gasteiger partial charge on any atom is -0.502 e. The normalized spacial score (nSPS) is 10.4. The summed E-state index contributed by atoms with van der Waals surface area (Å²) in [5, 5.41) is 29.7. The fourth-order valence-electron chi connectivity index (χ4n) is 2.24. The number of nitrogens with one attached hydrogen (secondary N) is 3.